The van der Waals surface area contributed by atoms with Crippen molar-refractivity contribution in [2.75, 3.05) is 25.0 Å². The minimum absolute atomic E-state index is 0.266. The van der Waals surface area contributed by atoms with Crippen molar-refractivity contribution in [1.29, 1.82) is 0 Å². The Labute approximate surface area is 105 Å². The minimum atomic E-state index is 0.266. The van der Waals surface area contributed by atoms with Crippen molar-refractivity contribution >= 4 is 5.69 Å². The smallest absolute Gasteiger partial charge is 0.0367 e. The Morgan fingerprint density at radius 3 is 2.59 bits per heavy atom. The fourth-order valence-electron chi connectivity index (χ4n) is 2.61. The van der Waals surface area contributed by atoms with Gasteiger partial charge in [0.25, 0.3) is 0 Å². The van der Waals surface area contributed by atoms with E-state index in [9.17, 15) is 0 Å². The summed E-state index contributed by atoms with van der Waals surface area (Å²) in [5.41, 5.74) is 3.05. The van der Waals surface area contributed by atoms with Gasteiger partial charge in [-0.15, -0.1) is 0 Å². The van der Waals surface area contributed by atoms with Gasteiger partial charge in [0.05, 0.1) is 0 Å². The molecule has 1 unspecified atom stereocenters. The average Bonchev–Trinajstić information content (AvgIpc) is 2.39. The Balaban J connectivity index is 2.10. The highest BCUT2D eigenvalue weighted by Gasteiger charge is 2.29. The molecule has 1 aliphatic heterocycles. The first-order valence-corrected chi connectivity index (χ1v) is 6.70. The van der Waals surface area contributed by atoms with Gasteiger partial charge in [-0.05, 0) is 50.9 Å². The third-order valence-corrected chi connectivity index (χ3v) is 4.01. The predicted molar refractivity (Wildman–Crippen MR) is 74.7 cm³/mol. The SMILES string of the molecule is CCc1ccc(N2CCCC(C)(NC)C2)cc1. The van der Waals surface area contributed by atoms with Crippen molar-refractivity contribution in [3.05, 3.63) is 29.8 Å². The minimum Gasteiger partial charge on any atom is -0.370 e. The zero-order valence-corrected chi connectivity index (χ0v) is 11.3. The topological polar surface area (TPSA) is 15.3 Å². The van der Waals surface area contributed by atoms with Crippen molar-refractivity contribution < 1.29 is 0 Å². The summed E-state index contributed by atoms with van der Waals surface area (Å²) >= 11 is 0. The molecule has 0 bridgehead atoms. The lowest BCUT2D eigenvalue weighted by atomic mass is 9.91. The summed E-state index contributed by atoms with van der Waals surface area (Å²) in [4.78, 5) is 2.50. The molecule has 1 atom stereocenters. The molecule has 2 nitrogen and oxygen atoms in total. The van der Waals surface area contributed by atoms with Crippen LogP contribution >= 0.6 is 0 Å². The lowest BCUT2D eigenvalue weighted by Crippen LogP contribution is -2.53. The van der Waals surface area contributed by atoms with Gasteiger partial charge in [0, 0.05) is 24.3 Å². The number of anilines is 1. The van der Waals surface area contributed by atoms with Gasteiger partial charge >= 0.3 is 0 Å². The molecule has 1 aliphatic rings. The van der Waals surface area contributed by atoms with Crippen molar-refractivity contribution in [2.24, 2.45) is 0 Å². The van der Waals surface area contributed by atoms with E-state index < -0.39 is 0 Å². The van der Waals surface area contributed by atoms with Gasteiger partial charge in [-0.3, -0.25) is 0 Å². The fourth-order valence-corrected chi connectivity index (χ4v) is 2.61. The maximum absolute atomic E-state index is 3.46. The van der Waals surface area contributed by atoms with Crippen LogP contribution in [0, 0.1) is 0 Å². The van der Waals surface area contributed by atoms with Crippen LogP contribution in [-0.4, -0.2) is 25.7 Å². The Kier molecular flexibility index (Phi) is 3.72. The number of benzene rings is 1. The van der Waals surface area contributed by atoms with Crippen LogP contribution in [0.15, 0.2) is 24.3 Å². The van der Waals surface area contributed by atoms with Gasteiger partial charge in [-0.2, -0.15) is 0 Å². The number of likely N-dealkylation sites (N-methyl/N-ethyl adjacent to an activating group) is 1. The lowest BCUT2D eigenvalue weighted by molar-refractivity contribution is 0.316. The van der Waals surface area contributed by atoms with Crippen molar-refractivity contribution in [3.63, 3.8) is 0 Å². The van der Waals surface area contributed by atoms with Crippen LogP contribution in [0.1, 0.15) is 32.3 Å². The molecule has 2 heteroatoms. The number of hydrogen-bond acceptors (Lipinski definition) is 2. The van der Waals surface area contributed by atoms with E-state index in [0.29, 0.717) is 0 Å². The highest BCUT2D eigenvalue weighted by atomic mass is 15.2. The summed E-state index contributed by atoms with van der Waals surface area (Å²) in [6, 6.07) is 9.03. The number of nitrogens with one attached hydrogen (secondary N) is 1. The molecule has 0 amide bonds. The maximum atomic E-state index is 3.46. The summed E-state index contributed by atoms with van der Waals surface area (Å²) in [6.45, 7) is 6.81. The van der Waals surface area contributed by atoms with Crippen molar-refractivity contribution in [1.82, 2.24) is 5.32 Å². The van der Waals surface area contributed by atoms with E-state index in [2.05, 4.69) is 55.4 Å². The highest BCUT2D eigenvalue weighted by molar-refractivity contribution is 5.48. The van der Waals surface area contributed by atoms with E-state index in [1.165, 1.54) is 30.6 Å². The Hall–Kier alpha value is -1.02. The Bertz CT molecular complexity index is 358. The molecule has 94 valence electrons. The third-order valence-electron chi connectivity index (χ3n) is 4.01. The largest absolute Gasteiger partial charge is 0.370 e. The van der Waals surface area contributed by atoms with E-state index in [-0.39, 0.29) is 5.54 Å². The van der Waals surface area contributed by atoms with Crippen molar-refractivity contribution in [3.8, 4) is 0 Å². The monoisotopic (exact) mass is 232 g/mol. The van der Waals surface area contributed by atoms with Crippen LogP contribution in [0.2, 0.25) is 0 Å². The summed E-state index contributed by atoms with van der Waals surface area (Å²) < 4.78 is 0. The first-order valence-electron chi connectivity index (χ1n) is 6.70. The van der Waals surface area contributed by atoms with Gasteiger partial charge in [0.15, 0.2) is 0 Å². The Morgan fingerprint density at radius 1 is 1.29 bits per heavy atom. The molecule has 17 heavy (non-hydrogen) atoms. The second kappa shape index (κ2) is 5.09. The second-order valence-electron chi connectivity index (χ2n) is 5.36. The van der Waals surface area contributed by atoms with Gasteiger partial charge in [-0.25, -0.2) is 0 Å². The zero-order valence-electron chi connectivity index (χ0n) is 11.3. The number of hydrogen-bond donors (Lipinski definition) is 1. The predicted octanol–water partition coefficient (Wildman–Crippen LogP) is 2.83. The fraction of sp³-hybridized carbons (Fsp3) is 0.600. The zero-order chi connectivity index (χ0) is 12.3. The number of aryl methyl sites for hydroxylation is 1. The van der Waals surface area contributed by atoms with E-state index >= 15 is 0 Å². The normalized spacial score (nSPS) is 25.0. The molecular weight excluding hydrogens is 208 g/mol. The molecule has 1 aromatic rings. The molecule has 0 aliphatic carbocycles. The molecule has 1 saturated heterocycles. The van der Waals surface area contributed by atoms with E-state index in [1.54, 1.807) is 0 Å². The number of nitrogens with zero attached hydrogens (tertiary/aromatic N) is 1. The van der Waals surface area contributed by atoms with Crippen molar-refractivity contribution in [2.45, 2.75) is 38.6 Å². The highest BCUT2D eigenvalue weighted by Crippen LogP contribution is 2.25. The number of rotatable bonds is 3. The van der Waals surface area contributed by atoms with Crippen LogP contribution in [0.5, 0.6) is 0 Å². The summed E-state index contributed by atoms with van der Waals surface area (Å²) in [5, 5.41) is 3.46. The molecule has 1 N–H and O–H groups in total. The molecule has 0 aromatic heterocycles. The van der Waals surface area contributed by atoms with Crippen LogP contribution in [0.25, 0.3) is 0 Å². The molecule has 0 saturated carbocycles. The molecule has 0 spiro atoms. The third kappa shape index (κ3) is 2.81. The number of piperidine rings is 1. The average molecular weight is 232 g/mol. The summed E-state index contributed by atoms with van der Waals surface area (Å²) in [5.74, 6) is 0. The summed E-state index contributed by atoms with van der Waals surface area (Å²) in [6.07, 6.45) is 3.66. The first-order chi connectivity index (χ1) is 8.17. The van der Waals surface area contributed by atoms with E-state index in [1.807, 2.05) is 0 Å². The molecule has 2 rings (SSSR count). The van der Waals surface area contributed by atoms with E-state index in [0.717, 1.165) is 13.0 Å². The van der Waals surface area contributed by atoms with Crippen LogP contribution in [-0.2, 0) is 6.42 Å². The molecule has 1 heterocycles. The van der Waals surface area contributed by atoms with Crippen LogP contribution in [0.4, 0.5) is 5.69 Å². The van der Waals surface area contributed by atoms with Gasteiger partial charge in [-0.1, -0.05) is 19.1 Å². The van der Waals surface area contributed by atoms with E-state index in [4.69, 9.17) is 0 Å². The second-order valence-corrected chi connectivity index (χ2v) is 5.36. The molecule has 0 radical (unpaired) electrons. The van der Waals surface area contributed by atoms with Crippen LogP contribution < -0.4 is 10.2 Å². The Morgan fingerprint density at radius 2 is 2.00 bits per heavy atom. The lowest BCUT2D eigenvalue weighted by Gasteiger charge is -2.41. The van der Waals surface area contributed by atoms with Gasteiger partial charge in [0.1, 0.15) is 0 Å². The van der Waals surface area contributed by atoms with Gasteiger partial charge in [0.2, 0.25) is 0 Å². The van der Waals surface area contributed by atoms with Crippen LogP contribution in [0.3, 0.4) is 0 Å². The molecular formula is C15H24N2. The molecule has 1 aromatic carbocycles. The molecule has 1 fully saturated rings. The maximum Gasteiger partial charge on any atom is 0.0367 e. The standard InChI is InChI=1S/C15H24N2/c1-4-13-6-8-14(9-7-13)17-11-5-10-15(2,12-17)16-3/h6-9,16H,4-5,10-12H2,1-3H3. The first kappa shape index (κ1) is 12.4. The van der Waals surface area contributed by atoms with Gasteiger partial charge < -0.3 is 10.2 Å². The summed E-state index contributed by atoms with van der Waals surface area (Å²) in [7, 11) is 2.07. The quantitative estimate of drug-likeness (QED) is 0.862.